The van der Waals surface area contributed by atoms with Gasteiger partial charge in [-0.15, -0.1) is 0 Å². The molecule has 18 heavy (non-hydrogen) atoms. The molecule has 106 valence electrons. The number of rotatable bonds is 4. The molecule has 4 nitrogen and oxygen atoms in total. The third-order valence-electron chi connectivity index (χ3n) is 3.47. The van der Waals surface area contributed by atoms with Crippen LogP contribution in [-0.2, 0) is 9.53 Å². The van der Waals surface area contributed by atoms with Crippen LogP contribution in [0, 0.1) is 5.41 Å². The minimum Gasteiger partial charge on any atom is -0.366 e. The van der Waals surface area contributed by atoms with Crippen molar-refractivity contribution < 1.29 is 9.53 Å². The summed E-state index contributed by atoms with van der Waals surface area (Å²) in [6.07, 6.45) is 2.42. The molecule has 0 aromatic carbocycles. The molecular formula is C14H28N2O2. The number of piperidine rings is 1. The van der Waals surface area contributed by atoms with Crippen LogP contribution in [0.2, 0.25) is 0 Å². The summed E-state index contributed by atoms with van der Waals surface area (Å²) in [6.45, 7) is 12.2. The van der Waals surface area contributed by atoms with E-state index in [1.54, 1.807) is 0 Å². The van der Waals surface area contributed by atoms with Gasteiger partial charge in [-0.25, -0.2) is 0 Å². The second kappa shape index (κ2) is 6.02. The summed E-state index contributed by atoms with van der Waals surface area (Å²) in [4.78, 5) is 11.7. The van der Waals surface area contributed by atoms with Gasteiger partial charge in [-0.1, -0.05) is 13.8 Å². The van der Waals surface area contributed by atoms with Gasteiger partial charge >= 0.3 is 0 Å². The summed E-state index contributed by atoms with van der Waals surface area (Å²) in [5.74, 6) is -0.0342. The van der Waals surface area contributed by atoms with Crippen LogP contribution in [0.1, 0.15) is 47.5 Å². The first-order valence-corrected chi connectivity index (χ1v) is 6.85. The molecule has 1 rings (SSSR count). The number of hydrogen-bond donors (Lipinski definition) is 2. The van der Waals surface area contributed by atoms with Crippen LogP contribution in [0.15, 0.2) is 0 Å². The lowest BCUT2D eigenvalue weighted by molar-refractivity contribution is -0.130. The van der Waals surface area contributed by atoms with Crippen LogP contribution in [0.5, 0.6) is 0 Å². The Morgan fingerprint density at radius 2 is 2.11 bits per heavy atom. The normalized spacial score (nSPS) is 23.7. The zero-order valence-corrected chi connectivity index (χ0v) is 12.4. The van der Waals surface area contributed by atoms with Gasteiger partial charge in [-0.2, -0.15) is 0 Å². The molecule has 0 spiro atoms. The Morgan fingerprint density at radius 3 is 2.67 bits per heavy atom. The highest BCUT2D eigenvalue weighted by atomic mass is 16.5. The van der Waals surface area contributed by atoms with E-state index < -0.39 is 0 Å². The van der Waals surface area contributed by atoms with E-state index in [-0.39, 0.29) is 23.5 Å². The SMILES string of the molecule is CC(C)(C)OCC(=O)NCC1NCCCC1(C)C. The Bertz CT molecular complexity index is 282. The maximum absolute atomic E-state index is 11.7. The Labute approximate surface area is 111 Å². The number of carbonyl (C=O) groups excluding carboxylic acids is 1. The van der Waals surface area contributed by atoms with Gasteiger partial charge in [-0.05, 0) is 45.6 Å². The maximum atomic E-state index is 11.7. The fourth-order valence-electron chi connectivity index (χ4n) is 2.17. The summed E-state index contributed by atoms with van der Waals surface area (Å²) < 4.78 is 5.45. The Balaban J connectivity index is 2.29. The highest BCUT2D eigenvalue weighted by Crippen LogP contribution is 2.29. The molecule has 4 heteroatoms. The van der Waals surface area contributed by atoms with E-state index in [2.05, 4.69) is 24.5 Å². The van der Waals surface area contributed by atoms with Crippen LogP contribution >= 0.6 is 0 Å². The Hall–Kier alpha value is -0.610. The van der Waals surface area contributed by atoms with Crippen molar-refractivity contribution >= 4 is 5.91 Å². The van der Waals surface area contributed by atoms with E-state index in [0.717, 1.165) is 6.54 Å². The topological polar surface area (TPSA) is 50.4 Å². The standard InChI is InChI=1S/C14H28N2O2/c1-13(2,3)18-10-12(17)16-9-11-14(4,5)7-6-8-15-11/h11,15H,6-10H2,1-5H3,(H,16,17). The molecule has 1 aliphatic rings. The molecule has 2 N–H and O–H groups in total. The molecule has 0 bridgehead atoms. The second-order valence-electron chi connectivity index (χ2n) is 6.80. The molecule has 1 saturated heterocycles. The lowest BCUT2D eigenvalue weighted by atomic mass is 9.77. The molecule has 1 amide bonds. The van der Waals surface area contributed by atoms with Crippen molar-refractivity contribution in [1.29, 1.82) is 0 Å². The zero-order chi connectivity index (χ0) is 13.8. The fraction of sp³-hybridized carbons (Fsp3) is 0.929. The lowest BCUT2D eigenvalue weighted by Gasteiger charge is -2.39. The van der Waals surface area contributed by atoms with Crippen molar-refractivity contribution in [3.05, 3.63) is 0 Å². The highest BCUT2D eigenvalue weighted by Gasteiger charge is 2.31. The summed E-state index contributed by atoms with van der Waals surface area (Å²) in [5.41, 5.74) is -0.0177. The Morgan fingerprint density at radius 1 is 1.44 bits per heavy atom. The minimum absolute atomic E-state index is 0.0342. The smallest absolute Gasteiger partial charge is 0.246 e. The molecule has 1 fully saturated rings. The van der Waals surface area contributed by atoms with Crippen molar-refractivity contribution in [3.63, 3.8) is 0 Å². The summed E-state index contributed by atoms with van der Waals surface area (Å²) in [6, 6.07) is 0.352. The minimum atomic E-state index is -0.264. The molecule has 0 saturated carbocycles. The van der Waals surface area contributed by atoms with Crippen molar-refractivity contribution in [3.8, 4) is 0 Å². The summed E-state index contributed by atoms with van der Waals surface area (Å²) >= 11 is 0. The van der Waals surface area contributed by atoms with Crippen molar-refractivity contribution in [2.45, 2.75) is 59.1 Å². The van der Waals surface area contributed by atoms with E-state index in [1.165, 1.54) is 12.8 Å². The molecule has 1 heterocycles. The predicted octanol–water partition coefficient (Wildman–Crippen LogP) is 1.70. The zero-order valence-electron chi connectivity index (χ0n) is 12.4. The van der Waals surface area contributed by atoms with Crippen molar-refractivity contribution in [1.82, 2.24) is 10.6 Å². The van der Waals surface area contributed by atoms with E-state index in [0.29, 0.717) is 12.6 Å². The van der Waals surface area contributed by atoms with Crippen molar-refractivity contribution in [2.24, 2.45) is 5.41 Å². The van der Waals surface area contributed by atoms with Crippen LogP contribution in [-0.4, -0.2) is 37.2 Å². The molecule has 0 aromatic rings. The van der Waals surface area contributed by atoms with Gasteiger partial charge in [0.15, 0.2) is 0 Å². The Kier molecular flexibility index (Phi) is 5.17. The van der Waals surface area contributed by atoms with E-state index in [1.807, 2.05) is 20.8 Å². The largest absolute Gasteiger partial charge is 0.366 e. The van der Waals surface area contributed by atoms with Crippen LogP contribution in [0.25, 0.3) is 0 Å². The molecule has 1 unspecified atom stereocenters. The second-order valence-corrected chi connectivity index (χ2v) is 6.80. The van der Waals surface area contributed by atoms with E-state index >= 15 is 0 Å². The number of nitrogens with one attached hydrogen (secondary N) is 2. The number of ether oxygens (including phenoxy) is 1. The first-order chi connectivity index (χ1) is 8.21. The van der Waals surface area contributed by atoms with Crippen LogP contribution in [0.3, 0.4) is 0 Å². The van der Waals surface area contributed by atoms with Gasteiger partial charge in [0, 0.05) is 12.6 Å². The molecule has 0 aromatic heterocycles. The maximum Gasteiger partial charge on any atom is 0.246 e. The van der Waals surface area contributed by atoms with E-state index in [4.69, 9.17) is 4.74 Å². The molecule has 0 radical (unpaired) electrons. The van der Waals surface area contributed by atoms with Gasteiger partial charge in [0.05, 0.1) is 5.60 Å². The predicted molar refractivity (Wildman–Crippen MR) is 73.5 cm³/mol. The highest BCUT2D eigenvalue weighted by molar-refractivity contribution is 5.77. The average molecular weight is 256 g/mol. The number of carbonyl (C=O) groups is 1. The third kappa shape index (κ3) is 5.36. The molecule has 0 aliphatic carbocycles. The number of amides is 1. The average Bonchev–Trinajstić information content (AvgIpc) is 2.23. The first kappa shape index (κ1) is 15.4. The van der Waals surface area contributed by atoms with Crippen LogP contribution in [0.4, 0.5) is 0 Å². The first-order valence-electron chi connectivity index (χ1n) is 6.85. The van der Waals surface area contributed by atoms with Gasteiger partial charge in [0.2, 0.25) is 5.91 Å². The summed E-state index contributed by atoms with van der Waals surface area (Å²) in [7, 11) is 0. The molecular weight excluding hydrogens is 228 g/mol. The van der Waals surface area contributed by atoms with Gasteiger partial charge in [0.1, 0.15) is 6.61 Å². The monoisotopic (exact) mass is 256 g/mol. The third-order valence-corrected chi connectivity index (χ3v) is 3.47. The quantitative estimate of drug-likeness (QED) is 0.805. The van der Waals surface area contributed by atoms with Gasteiger partial charge < -0.3 is 15.4 Å². The molecule has 1 aliphatic heterocycles. The van der Waals surface area contributed by atoms with Gasteiger partial charge in [0.25, 0.3) is 0 Å². The lowest BCUT2D eigenvalue weighted by Crippen LogP contribution is -2.53. The summed E-state index contributed by atoms with van der Waals surface area (Å²) in [5, 5.41) is 6.44. The van der Waals surface area contributed by atoms with Crippen LogP contribution < -0.4 is 10.6 Å². The van der Waals surface area contributed by atoms with Gasteiger partial charge in [-0.3, -0.25) is 4.79 Å². The molecule has 1 atom stereocenters. The van der Waals surface area contributed by atoms with Crippen molar-refractivity contribution in [2.75, 3.05) is 19.7 Å². The van der Waals surface area contributed by atoms with E-state index in [9.17, 15) is 4.79 Å². The number of hydrogen-bond acceptors (Lipinski definition) is 3. The fourth-order valence-corrected chi connectivity index (χ4v) is 2.17.